The van der Waals surface area contributed by atoms with Crippen molar-refractivity contribution in [1.82, 2.24) is 0 Å². The Bertz CT molecular complexity index is 860. The Balaban J connectivity index is 0.000000289. The van der Waals surface area contributed by atoms with Gasteiger partial charge in [0.15, 0.2) is 0 Å². The summed E-state index contributed by atoms with van der Waals surface area (Å²) in [6.07, 6.45) is 0. The van der Waals surface area contributed by atoms with Crippen LogP contribution in [0.25, 0.3) is 0 Å². The molecule has 0 saturated heterocycles. The van der Waals surface area contributed by atoms with Gasteiger partial charge in [0.1, 0.15) is 8.07 Å². The summed E-state index contributed by atoms with van der Waals surface area (Å²) in [7, 11) is 1.38. The van der Waals surface area contributed by atoms with Gasteiger partial charge in [-0.25, -0.2) is 9.59 Å². The van der Waals surface area contributed by atoms with Gasteiger partial charge in [-0.05, 0) is 59.0 Å². The first-order valence-electron chi connectivity index (χ1n) is 8.21. The average Bonchev–Trinajstić information content (AvgIpc) is 2.65. The third-order valence-corrected chi connectivity index (χ3v) is 4.66. The third kappa shape index (κ3) is 8.88. The minimum Gasteiger partial charge on any atom is -0.465 e. The van der Waals surface area contributed by atoms with Crippen LogP contribution < -0.4 is 0 Å². The number of hydrogen-bond acceptors (Lipinski definition) is 4. The van der Waals surface area contributed by atoms with Crippen molar-refractivity contribution in [3.8, 4) is 11.5 Å². The number of hydrogen-bond donors (Lipinski definition) is 0. The van der Waals surface area contributed by atoms with E-state index in [0.29, 0.717) is 11.1 Å². The molecule has 0 radical (unpaired) electrons. The van der Waals surface area contributed by atoms with Gasteiger partial charge < -0.3 is 9.47 Å². The number of rotatable bonds is 2. The summed E-state index contributed by atoms with van der Waals surface area (Å²) in [4.78, 5) is 22.2. The first-order chi connectivity index (χ1) is 12.7. The van der Waals surface area contributed by atoms with Crippen LogP contribution >= 0.6 is 22.6 Å². The van der Waals surface area contributed by atoms with E-state index in [1.165, 1.54) is 14.2 Å². The molecule has 0 aliphatic rings. The second-order valence-electron chi connectivity index (χ2n) is 6.57. The van der Waals surface area contributed by atoms with E-state index < -0.39 is 8.07 Å². The SMILES string of the molecule is COC(=O)c1cccc(C#C[Si](C)(C)C)c1.COC(=O)c1cccc(I)c1. The fourth-order valence-electron chi connectivity index (χ4n) is 1.83. The molecular weight excluding hydrogens is 471 g/mol. The number of esters is 2. The second kappa shape index (κ2) is 10.9. The highest BCUT2D eigenvalue weighted by Gasteiger charge is 2.08. The fraction of sp³-hybridized carbons (Fsp3) is 0.238. The molecule has 0 bridgehead atoms. The third-order valence-electron chi connectivity index (χ3n) is 3.11. The molecule has 142 valence electrons. The molecule has 27 heavy (non-hydrogen) atoms. The molecule has 2 aromatic carbocycles. The van der Waals surface area contributed by atoms with E-state index in [1.807, 2.05) is 24.3 Å². The fourth-order valence-corrected chi connectivity index (χ4v) is 2.90. The van der Waals surface area contributed by atoms with Gasteiger partial charge in [-0.1, -0.05) is 37.7 Å². The number of methoxy groups -OCH3 is 2. The van der Waals surface area contributed by atoms with Crippen LogP contribution in [0.15, 0.2) is 48.5 Å². The summed E-state index contributed by atoms with van der Waals surface area (Å²) < 4.78 is 10.2. The monoisotopic (exact) mass is 494 g/mol. The average molecular weight is 494 g/mol. The Morgan fingerprint density at radius 1 is 0.889 bits per heavy atom. The van der Waals surface area contributed by atoms with Gasteiger partial charge in [-0.3, -0.25) is 0 Å². The number of carbonyl (C=O) groups excluding carboxylic acids is 2. The predicted molar refractivity (Wildman–Crippen MR) is 119 cm³/mol. The Kier molecular flexibility index (Phi) is 9.25. The zero-order valence-corrected chi connectivity index (χ0v) is 19.3. The van der Waals surface area contributed by atoms with Crippen LogP contribution in [0.1, 0.15) is 26.3 Å². The molecule has 0 atom stereocenters. The van der Waals surface area contributed by atoms with Gasteiger partial charge in [0.25, 0.3) is 0 Å². The standard InChI is InChI=1S/C13H16O2Si.C8H7IO2/c1-15-13(14)12-7-5-6-11(10-12)8-9-16(2,3)4;1-11-8(10)6-3-2-4-7(9)5-6/h5-7,10H,1-4H3;2-5H,1H3. The lowest BCUT2D eigenvalue weighted by molar-refractivity contribution is 0.0592. The van der Waals surface area contributed by atoms with Gasteiger partial charge in [0.2, 0.25) is 0 Å². The molecule has 0 spiro atoms. The number of benzene rings is 2. The highest BCUT2D eigenvalue weighted by atomic mass is 127. The van der Waals surface area contributed by atoms with Crippen molar-refractivity contribution in [2.24, 2.45) is 0 Å². The highest BCUT2D eigenvalue weighted by molar-refractivity contribution is 14.1. The maximum absolute atomic E-state index is 11.3. The highest BCUT2D eigenvalue weighted by Crippen LogP contribution is 2.08. The molecule has 0 aliphatic heterocycles. The maximum Gasteiger partial charge on any atom is 0.337 e. The van der Waals surface area contributed by atoms with E-state index in [4.69, 9.17) is 0 Å². The van der Waals surface area contributed by atoms with Crippen LogP contribution in [0.2, 0.25) is 19.6 Å². The van der Waals surface area contributed by atoms with Crippen molar-refractivity contribution in [3.63, 3.8) is 0 Å². The smallest absolute Gasteiger partial charge is 0.337 e. The van der Waals surface area contributed by atoms with E-state index in [-0.39, 0.29) is 11.9 Å². The van der Waals surface area contributed by atoms with E-state index in [2.05, 4.69) is 63.2 Å². The molecule has 0 fully saturated rings. The zero-order chi connectivity index (χ0) is 20.4. The van der Waals surface area contributed by atoms with E-state index >= 15 is 0 Å². The molecule has 6 heteroatoms. The molecule has 0 aliphatic carbocycles. The minimum atomic E-state index is -1.37. The summed E-state index contributed by atoms with van der Waals surface area (Å²) in [6.45, 7) is 6.55. The number of ether oxygens (including phenoxy) is 2. The minimum absolute atomic E-state index is 0.288. The first-order valence-corrected chi connectivity index (χ1v) is 12.8. The molecule has 0 N–H and O–H groups in total. The van der Waals surface area contributed by atoms with Gasteiger partial charge in [-0.2, -0.15) is 0 Å². The topological polar surface area (TPSA) is 52.6 Å². The molecule has 2 rings (SSSR count). The summed E-state index contributed by atoms with van der Waals surface area (Å²) in [6, 6.07) is 14.5. The number of carbonyl (C=O) groups is 2. The van der Waals surface area contributed by atoms with Crippen LogP contribution in [0.5, 0.6) is 0 Å². The van der Waals surface area contributed by atoms with E-state index in [1.54, 1.807) is 24.3 Å². The van der Waals surface area contributed by atoms with E-state index in [0.717, 1.165) is 9.13 Å². The Morgan fingerprint density at radius 3 is 1.89 bits per heavy atom. The first kappa shape index (κ1) is 22.9. The van der Waals surface area contributed by atoms with Crippen molar-refractivity contribution in [3.05, 3.63) is 68.8 Å². The van der Waals surface area contributed by atoms with Gasteiger partial charge >= 0.3 is 11.9 Å². The Labute approximate surface area is 175 Å². The summed E-state index contributed by atoms with van der Waals surface area (Å²) in [5.41, 5.74) is 5.27. The van der Waals surface area contributed by atoms with E-state index in [9.17, 15) is 9.59 Å². The Hall–Kier alpha value is -2.11. The van der Waals surface area contributed by atoms with Crippen LogP contribution in [0.4, 0.5) is 0 Å². The summed E-state index contributed by atoms with van der Waals surface area (Å²) in [5.74, 6) is 2.50. The molecule has 0 heterocycles. The molecular formula is C21H23IO4Si. The quantitative estimate of drug-likeness (QED) is 0.261. The lowest BCUT2D eigenvalue weighted by atomic mass is 10.1. The molecule has 0 aromatic heterocycles. The summed E-state index contributed by atoms with van der Waals surface area (Å²) in [5, 5.41) is 0. The van der Waals surface area contributed by atoms with Crippen molar-refractivity contribution in [2.75, 3.05) is 14.2 Å². The summed E-state index contributed by atoms with van der Waals surface area (Å²) >= 11 is 2.15. The molecule has 2 aromatic rings. The molecule has 0 unspecified atom stereocenters. The second-order valence-corrected chi connectivity index (χ2v) is 12.6. The normalized spacial score (nSPS) is 9.85. The largest absolute Gasteiger partial charge is 0.465 e. The van der Waals surface area contributed by atoms with Crippen LogP contribution in [0.3, 0.4) is 0 Å². The lowest BCUT2D eigenvalue weighted by Crippen LogP contribution is -2.16. The number of halogens is 1. The predicted octanol–water partition coefficient (Wildman–Crippen LogP) is 4.78. The van der Waals surface area contributed by atoms with Crippen LogP contribution in [-0.2, 0) is 9.47 Å². The van der Waals surface area contributed by atoms with Gasteiger partial charge in [0.05, 0.1) is 25.3 Å². The van der Waals surface area contributed by atoms with Crippen LogP contribution in [-0.4, -0.2) is 34.2 Å². The maximum atomic E-state index is 11.3. The zero-order valence-electron chi connectivity index (χ0n) is 16.1. The van der Waals surface area contributed by atoms with Crippen LogP contribution in [0, 0.1) is 15.0 Å². The van der Waals surface area contributed by atoms with Crippen molar-refractivity contribution >= 4 is 42.6 Å². The van der Waals surface area contributed by atoms with Crippen molar-refractivity contribution in [2.45, 2.75) is 19.6 Å². The molecule has 0 amide bonds. The van der Waals surface area contributed by atoms with Crippen molar-refractivity contribution < 1.29 is 19.1 Å². The van der Waals surface area contributed by atoms with Crippen molar-refractivity contribution in [1.29, 1.82) is 0 Å². The molecule has 4 nitrogen and oxygen atoms in total. The van der Waals surface area contributed by atoms with Gasteiger partial charge in [0, 0.05) is 9.13 Å². The van der Waals surface area contributed by atoms with Gasteiger partial charge in [-0.15, -0.1) is 5.54 Å². The Morgan fingerprint density at radius 2 is 1.41 bits per heavy atom. The molecule has 0 saturated carbocycles. The lowest BCUT2D eigenvalue weighted by Gasteiger charge is -2.03.